The van der Waals surface area contributed by atoms with Crippen molar-refractivity contribution in [3.63, 3.8) is 0 Å². The minimum absolute atomic E-state index is 0.243. The van der Waals surface area contributed by atoms with Gasteiger partial charge >= 0.3 is 5.97 Å². The van der Waals surface area contributed by atoms with E-state index in [1.807, 2.05) is 32.0 Å². The van der Waals surface area contributed by atoms with Crippen LogP contribution >= 0.6 is 0 Å². The van der Waals surface area contributed by atoms with Gasteiger partial charge in [0.05, 0.1) is 11.1 Å². The lowest BCUT2D eigenvalue weighted by atomic mass is 10.0. The number of hydrogen-bond acceptors (Lipinski definition) is 2. The van der Waals surface area contributed by atoms with E-state index in [0.29, 0.717) is 5.56 Å². The monoisotopic (exact) mass is 301 g/mol. The predicted octanol–water partition coefficient (Wildman–Crippen LogP) is 3.95. The van der Waals surface area contributed by atoms with Gasteiger partial charge in [0, 0.05) is 22.7 Å². The summed E-state index contributed by atoms with van der Waals surface area (Å²) >= 11 is 0. The number of aryl methyl sites for hydroxylation is 2. The Kier molecular flexibility index (Phi) is 3.82. The Bertz CT molecular complexity index is 978. The van der Waals surface area contributed by atoms with Crippen molar-refractivity contribution in [1.29, 1.82) is 0 Å². The third-order valence-electron chi connectivity index (χ3n) is 3.66. The standard InChI is InChI=1S/C20H15NO2/c1-13-3-8-19-18(9-13)10-15(12-21-19)5-7-16-11-17(20(22)23)6-4-14(16)2/h3-4,6,8-12H,1-2H3,(H,22,23). The number of nitrogens with zero attached hydrogens (tertiary/aromatic N) is 1. The highest BCUT2D eigenvalue weighted by atomic mass is 16.4. The molecule has 1 aromatic heterocycles. The molecule has 0 unspecified atom stereocenters. The summed E-state index contributed by atoms with van der Waals surface area (Å²) in [6.07, 6.45) is 1.74. The zero-order valence-electron chi connectivity index (χ0n) is 12.9. The Labute approximate surface area is 134 Å². The van der Waals surface area contributed by atoms with E-state index in [1.54, 1.807) is 24.4 Å². The van der Waals surface area contributed by atoms with Crippen molar-refractivity contribution in [3.8, 4) is 11.8 Å². The number of carboxylic acid groups (broad SMARTS) is 1. The van der Waals surface area contributed by atoms with Gasteiger partial charge in [0.1, 0.15) is 0 Å². The first-order valence-corrected chi connectivity index (χ1v) is 7.25. The number of rotatable bonds is 1. The first-order chi connectivity index (χ1) is 11.0. The molecule has 2 aromatic carbocycles. The first-order valence-electron chi connectivity index (χ1n) is 7.25. The number of carboxylic acids is 1. The van der Waals surface area contributed by atoms with Crippen LogP contribution in [0.5, 0.6) is 0 Å². The molecule has 0 saturated heterocycles. The van der Waals surface area contributed by atoms with E-state index in [4.69, 9.17) is 5.11 Å². The summed E-state index contributed by atoms with van der Waals surface area (Å²) in [6.45, 7) is 3.95. The molecule has 1 N–H and O–H groups in total. The number of pyridine rings is 1. The van der Waals surface area contributed by atoms with Crippen LogP contribution in [0.15, 0.2) is 48.7 Å². The lowest BCUT2D eigenvalue weighted by Gasteiger charge is -2.01. The summed E-state index contributed by atoms with van der Waals surface area (Å²) in [7, 11) is 0. The fraction of sp³-hybridized carbons (Fsp3) is 0.100. The molecular weight excluding hydrogens is 286 g/mol. The lowest BCUT2D eigenvalue weighted by molar-refractivity contribution is 0.0697. The second-order valence-electron chi connectivity index (χ2n) is 5.51. The highest BCUT2D eigenvalue weighted by molar-refractivity contribution is 5.88. The smallest absolute Gasteiger partial charge is 0.335 e. The lowest BCUT2D eigenvalue weighted by Crippen LogP contribution is -1.97. The number of aromatic carboxylic acids is 1. The molecule has 0 atom stereocenters. The van der Waals surface area contributed by atoms with Gasteiger partial charge in [0.25, 0.3) is 0 Å². The van der Waals surface area contributed by atoms with Crippen molar-refractivity contribution in [2.24, 2.45) is 0 Å². The van der Waals surface area contributed by atoms with Gasteiger partial charge in [0.2, 0.25) is 0 Å². The van der Waals surface area contributed by atoms with Gasteiger partial charge in [-0.1, -0.05) is 29.5 Å². The van der Waals surface area contributed by atoms with Crippen LogP contribution in [0.2, 0.25) is 0 Å². The molecule has 0 aliphatic carbocycles. The fourth-order valence-electron chi connectivity index (χ4n) is 2.35. The number of carbonyl (C=O) groups is 1. The zero-order chi connectivity index (χ0) is 16.4. The van der Waals surface area contributed by atoms with Gasteiger partial charge < -0.3 is 5.11 Å². The molecule has 0 spiro atoms. The van der Waals surface area contributed by atoms with E-state index >= 15 is 0 Å². The highest BCUT2D eigenvalue weighted by Gasteiger charge is 2.04. The SMILES string of the molecule is Cc1ccc2ncc(C#Cc3cc(C(=O)O)ccc3C)cc2c1. The minimum Gasteiger partial charge on any atom is -0.478 e. The molecule has 0 aliphatic rings. The topological polar surface area (TPSA) is 50.2 Å². The zero-order valence-corrected chi connectivity index (χ0v) is 12.9. The largest absolute Gasteiger partial charge is 0.478 e. The summed E-state index contributed by atoms with van der Waals surface area (Å²) in [5, 5.41) is 10.1. The number of hydrogen-bond donors (Lipinski definition) is 1. The van der Waals surface area contributed by atoms with E-state index < -0.39 is 5.97 Å². The number of fused-ring (bicyclic) bond motifs is 1. The van der Waals surface area contributed by atoms with E-state index in [2.05, 4.69) is 22.9 Å². The van der Waals surface area contributed by atoms with Crippen LogP contribution < -0.4 is 0 Å². The first kappa shape index (κ1) is 14.8. The van der Waals surface area contributed by atoms with Crippen LogP contribution in [-0.2, 0) is 0 Å². The molecule has 0 aliphatic heterocycles. The van der Waals surface area contributed by atoms with Crippen molar-refractivity contribution in [2.75, 3.05) is 0 Å². The molecule has 0 fully saturated rings. The van der Waals surface area contributed by atoms with E-state index in [9.17, 15) is 4.79 Å². The molecular formula is C20H15NO2. The van der Waals surface area contributed by atoms with E-state index in [-0.39, 0.29) is 5.56 Å². The van der Waals surface area contributed by atoms with Crippen molar-refractivity contribution in [2.45, 2.75) is 13.8 Å². The molecule has 0 saturated carbocycles. The van der Waals surface area contributed by atoms with Gasteiger partial charge in [-0.3, -0.25) is 4.98 Å². The average Bonchev–Trinajstić information content (AvgIpc) is 2.53. The Balaban J connectivity index is 2.01. The highest BCUT2D eigenvalue weighted by Crippen LogP contribution is 2.15. The van der Waals surface area contributed by atoms with Gasteiger partial charge in [-0.15, -0.1) is 0 Å². The van der Waals surface area contributed by atoms with Crippen LogP contribution in [0.4, 0.5) is 0 Å². The van der Waals surface area contributed by atoms with Crippen molar-refractivity contribution >= 4 is 16.9 Å². The Morgan fingerprint density at radius 3 is 2.65 bits per heavy atom. The second-order valence-corrected chi connectivity index (χ2v) is 5.51. The molecule has 112 valence electrons. The van der Waals surface area contributed by atoms with Crippen LogP contribution in [-0.4, -0.2) is 16.1 Å². The van der Waals surface area contributed by atoms with Gasteiger partial charge in [-0.05, 0) is 49.7 Å². The third kappa shape index (κ3) is 3.22. The average molecular weight is 301 g/mol. The molecule has 0 amide bonds. The molecule has 3 aromatic rings. The molecule has 3 heteroatoms. The summed E-state index contributed by atoms with van der Waals surface area (Å²) in [5.74, 6) is 5.18. The van der Waals surface area contributed by atoms with Crippen LogP contribution in [0, 0.1) is 25.7 Å². The maximum Gasteiger partial charge on any atom is 0.335 e. The molecule has 0 bridgehead atoms. The normalized spacial score (nSPS) is 10.2. The van der Waals surface area contributed by atoms with E-state index in [1.165, 1.54) is 5.56 Å². The van der Waals surface area contributed by atoms with Crippen LogP contribution in [0.1, 0.15) is 32.6 Å². The maximum atomic E-state index is 11.1. The molecule has 1 heterocycles. The molecule has 3 nitrogen and oxygen atoms in total. The summed E-state index contributed by atoms with van der Waals surface area (Å²) in [5.41, 5.74) is 4.83. The molecule has 3 rings (SSSR count). The van der Waals surface area contributed by atoms with Crippen molar-refractivity contribution in [1.82, 2.24) is 4.98 Å². The Hall–Kier alpha value is -3.12. The second kappa shape index (κ2) is 5.94. The molecule has 23 heavy (non-hydrogen) atoms. The van der Waals surface area contributed by atoms with Crippen LogP contribution in [0.25, 0.3) is 10.9 Å². The summed E-state index contributed by atoms with van der Waals surface area (Å²) in [4.78, 5) is 15.5. The Morgan fingerprint density at radius 2 is 1.87 bits per heavy atom. The molecule has 0 radical (unpaired) electrons. The van der Waals surface area contributed by atoms with Gasteiger partial charge in [0.15, 0.2) is 0 Å². The van der Waals surface area contributed by atoms with Crippen molar-refractivity contribution < 1.29 is 9.90 Å². The third-order valence-corrected chi connectivity index (χ3v) is 3.66. The number of benzene rings is 2. The van der Waals surface area contributed by atoms with Crippen LogP contribution in [0.3, 0.4) is 0 Å². The fourth-order valence-corrected chi connectivity index (χ4v) is 2.35. The Morgan fingerprint density at radius 1 is 1.04 bits per heavy atom. The number of aromatic nitrogens is 1. The summed E-state index contributed by atoms with van der Waals surface area (Å²) < 4.78 is 0. The van der Waals surface area contributed by atoms with Gasteiger partial charge in [-0.25, -0.2) is 4.79 Å². The van der Waals surface area contributed by atoms with Gasteiger partial charge in [-0.2, -0.15) is 0 Å². The quantitative estimate of drug-likeness (QED) is 0.692. The predicted molar refractivity (Wildman–Crippen MR) is 90.6 cm³/mol. The van der Waals surface area contributed by atoms with Crippen molar-refractivity contribution in [3.05, 3.63) is 76.5 Å². The van der Waals surface area contributed by atoms with E-state index in [0.717, 1.165) is 22.0 Å². The minimum atomic E-state index is -0.948. The summed E-state index contributed by atoms with van der Waals surface area (Å²) in [6, 6.07) is 13.0. The maximum absolute atomic E-state index is 11.1.